The van der Waals surface area contributed by atoms with E-state index in [1.807, 2.05) is 11.8 Å². The van der Waals surface area contributed by atoms with E-state index in [1.54, 1.807) is 18.2 Å². The number of carbonyl (C=O) groups excluding carboxylic acids is 1. The molecule has 0 unspecified atom stereocenters. The SMILES string of the molecule is O=C(CC1CCSCC1)Nc1ccccc1C(=O)O. The smallest absolute Gasteiger partial charge is 0.337 e. The summed E-state index contributed by atoms with van der Waals surface area (Å²) in [4.78, 5) is 23.0. The van der Waals surface area contributed by atoms with E-state index in [1.165, 1.54) is 6.07 Å². The van der Waals surface area contributed by atoms with Gasteiger partial charge in [0, 0.05) is 6.42 Å². The monoisotopic (exact) mass is 279 g/mol. The maximum atomic E-state index is 11.9. The highest BCUT2D eigenvalue weighted by atomic mass is 32.2. The zero-order valence-corrected chi connectivity index (χ0v) is 11.4. The Hall–Kier alpha value is -1.49. The molecule has 19 heavy (non-hydrogen) atoms. The first-order chi connectivity index (χ1) is 9.16. The molecule has 1 heterocycles. The summed E-state index contributed by atoms with van der Waals surface area (Å²) in [5.41, 5.74) is 0.514. The topological polar surface area (TPSA) is 66.4 Å². The Kier molecular flexibility index (Phi) is 4.85. The Labute approximate surface area is 116 Å². The third-order valence-electron chi connectivity index (χ3n) is 3.25. The number of para-hydroxylation sites is 1. The second-order valence-electron chi connectivity index (χ2n) is 4.66. The zero-order valence-electron chi connectivity index (χ0n) is 10.6. The molecule has 0 radical (unpaired) electrons. The lowest BCUT2D eigenvalue weighted by Gasteiger charge is -2.20. The standard InChI is InChI=1S/C14H17NO3S/c16-13(9-10-5-7-19-8-6-10)15-12-4-2-1-3-11(12)14(17)18/h1-4,10H,5-9H2,(H,15,16)(H,17,18). The van der Waals surface area contributed by atoms with Gasteiger partial charge >= 0.3 is 5.97 Å². The lowest BCUT2D eigenvalue weighted by molar-refractivity contribution is -0.117. The molecule has 0 atom stereocenters. The van der Waals surface area contributed by atoms with Crippen LogP contribution in [0.1, 0.15) is 29.6 Å². The molecule has 0 aliphatic carbocycles. The summed E-state index contributed by atoms with van der Waals surface area (Å²) in [5.74, 6) is 1.54. The van der Waals surface area contributed by atoms with Crippen molar-refractivity contribution in [2.24, 2.45) is 5.92 Å². The number of carboxylic acids is 1. The summed E-state index contributed by atoms with van der Waals surface area (Å²) >= 11 is 1.93. The van der Waals surface area contributed by atoms with Crippen LogP contribution < -0.4 is 5.32 Å². The van der Waals surface area contributed by atoms with Crippen LogP contribution in [0.5, 0.6) is 0 Å². The van der Waals surface area contributed by atoms with Crippen LogP contribution in [0.4, 0.5) is 5.69 Å². The predicted molar refractivity (Wildman–Crippen MR) is 76.7 cm³/mol. The van der Waals surface area contributed by atoms with Gasteiger partial charge < -0.3 is 10.4 Å². The van der Waals surface area contributed by atoms with Crippen molar-refractivity contribution in [1.29, 1.82) is 0 Å². The van der Waals surface area contributed by atoms with E-state index >= 15 is 0 Å². The van der Waals surface area contributed by atoms with E-state index in [2.05, 4.69) is 5.32 Å². The Morgan fingerprint density at radius 3 is 2.63 bits per heavy atom. The van der Waals surface area contributed by atoms with Gasteiger partial charge in [0.2, 0.25) is 5.91 Å². The third-order valence-corrected chi connectivity index (χ3v) is 4.30. The number of carboxylic acid groups (broad SMARTS) is 1. The zero-order chi connectivity index (χ0) is 13.7. The first-order valence-corrected chi connectivity index (χ1v) is 7.52. The molecule has 1 saturated heterocycles. The fourth-order valence-corrected chi connectivity index (χ4v) is 3.40. The molecule has 0 bridgehead atoms. The molecule has 2 N–H and O–H groups in total. The van der Waals surface area contributed by atoms with E-state index in [4.69, 9.17) is 5.11 Å². The number of hydrogen-bond donors (Lipinski definition) is 2. The van der Waals surface area contributed by atoms with Crippen LogP contribution in [0.2, 0.25) is 0 Å². The van der Waals surface area contributed by atoms with E-state index in [0.29, 0.717) is 18.0 Å². The number of rotatable bonds is 4. The van der Waals surface area contributed by atoms with Gasteiger partial charge in [0.1, 0.15) is 0 Å². The molecule has 0 saturated carbocycles. The summed E-state index contributed by atoms with van der Waals surface area (Å²) < 4.78 is 0. The summed E-state index contributed by atoms with van der Waals surface area (Å²) in [7, 11) is 0. The van der Waals surface area contributed by atoms with E-state index < -0.39 is 5.97 Å². The van der Waals surface area contributed by atoms with Crippen molar-refractivity contribution in [1.82, 2.24) is 0 Å². The van der Waals surface area contributed by atoms with Gasteiger partial charge in [-0.15, -0.1) is 0 Å². The first-order valence-electron chi connectivity index (χ1n) is 6.36. The number of aromatic carboxylic acids is 1. The van der Waals surface area contributed by atoms with Crippen molar-refractivity contribution in [3.8, 4) is 0 Å². The summed E-state index contributed by atoms with van der Waals surface area (Å²) in [6, 6.07) is 6.49. The largest absolute Gasteiger partial charge is 0.478 e. The van der Waals surface area contributed by atoms with Gasteiger partial charge in [-0.05, 0) is 42.4 Å². The number of anilines is 1. The minimum absolute atomic E-state index is 0.0920. The van der Waals surface area contributed by atoms with Crippen molar-refractivity contribution >= 4 is 29.3 Å². The molecule has 1 aromatic carbocycles. The molecule has 1 aliphatic rings. The minimum atomic E-state index is -1.02. The van der Waals surface area contributed by atoms with Crippen molar-refractivity contribution in [3.63, 3.8) is 0 Å². The van der Waals surface area contributed by atoms with Gasteiger partial charge in [-0.2, -0.15) is 11.8 Å². The molecule has 1 aromatic rings. The third kappa shape index (κ3) is 3.99. The second kappa shape index (κ2) is 6.61. The van der Waals surface area contributed by atoms with Crippen molar-refractivity contribution in [2.45, 2.75) is 19.3 Å². The van der Waals surface area contributed by atoms with E-state index in [9.17, 15) is 9.59 Å². The molecule has 5 heteroatoms. The highest BCUT2D eigenvalue weighted by Gasteiger charge is 2.18. The number of amides is 1. The number of benzene rings is 1. The number of nitrogens with one attached hydrogen (secondary N) is 1. The maximum Gasteiger partial charge on any atom is 0.337 e. The van der Waals surface area contributed by atoms with Crippen LogP contribution in [0.3, 0.4) is 0 Å². The Bertz CT molecular complexity index is 470. The predicted octanol–water partition coefficient (Wildman–Crippen LogP) is 2.86. The molecule has 1 amide bonds. The molecule has 1 fully saturated rings. The molecule has 102 valence electrons. The fraction of sp³-hybridized carbons (Fsp3) is 0.429. The Morgan fingerprint density at radius 1 is 1.26 bits per heavy atom. The average Bonchev–Trinajstić information content (AvgIpc) is 2.40. The Morgan fingerprint density at radius 2 is 1.95 bits per heavy atom. The minimum Gasteiger partial charge on any atom is -0.478 e. The number of carbonyl (C=O) groups is 2. The van der Waals surface area contributed by atoms with Crippen molar-refractivity contribution in [3.05, 3.63) is 29.8 Å². The average molecular weight is 279 g/mol. The van der Waals surface area contributed by atoms with E-state index in [-0.39, 0.29) is 11.5 Å². The van der Waals surface area contributed by atoms with Crippen LogP contribution in [0.15, 0.2) is 24.3 Å². The van der Waals surface area contributed by atoms with E-state index in [0.717, 1.165) is 24.3 Å². The van der Waals surface area contributed by atoms with Gasteiger partial charge in [0.25, 0.3) is 0 Å². The molecule has 0 aromatic heterocycles. The Balaban J connectivity index is 1.96. The maximum absolute atomic E-state index is 11.9. The van der Waals surface area contributed by atoms with Crippen molar-refractivity contribution < 1.29 is 14.7 Å². The highest BCUT2D eigenvalue weighted by Crippen LogP contribution is 2.26. The van der Waals surface area contributed by atoms with Crippen LogP contribution in [-0.4, -0.2) is 28.5 Å². The van der Waals surface area contributed by atoms with Crippen LogP contribution >= 0.6 is 11.8 Å². The van der Waals surface area contributed by atoms with Crippen LogP contribution in [-0.2, 0) is 4.79 Å². The van der Waals surface area contributed by atoms with Gasteiger partial charge in [-0.25, -0.2) is 4.79 Å². The molecule has 2 rings (SSSR count). The molecular weight excluding hydrogens is 262 g/mol. The summed E-state index contributed by atoms with van der Waals surface area (Å²) in [6.07, 6.45) is 2.62. The number of hydrogen-bond acceptors (Lipinski definition) is 3. The lowest BCUT2D eigenvalue weighted by Crippen LogP contribution is -2.20. The first kappa shape index (κ1) is 13.9. The van der Waals surface area contributed by atoms with Gasteiger partial charge in [0.05, 0.1) is 11.3 Å². The molecule has 4 nitrogen and oxygen atoms in total. The fourth-order valence-electron chi connectivity index (χ4n) is 2.19. The van der Waals surface area contributed by atoms with Crippen LogP contribution in [0.25, 0.3) is 0 Å². The normalized spacial score (nSPS) is 16.0. The van der Waals surface area contributed by atoms with Gasteiger partial charge in [-0.3, -0.25) is 4.79 Å². The summed E-state index contributed by atoms with van der Waals surface area (Å²) in [5, 5.41) is 11.8. The van der Waals surface area contributed by atoms with Gasteiger partial charge in [0.15, 0.2) is 0 Å². The lowest BCUT2D eigenvalue weighted by atomic mass is 9.98. The van der Waals surface area contributed by atoms with Gasteiger partial charge in [-0.1, -0.05) is 12.1 Å². The molecule has 1 aliphatic heterocycles. The number of thioether (sulfide) groups is 1. The van der Waals surface area contributed by atoms with Crippen molar-refractivity contribution in [2.75, 3.05) is 16.8 Å². The quantitative estimate of drug-likeness (QED) is 0.889. The molecule has 0 spiro atoms. The molecular formula is C14H17NO3S. The summed E-state index contributed by atoms with van der Waals surface area (Å²) in [6.45, 7) is 0. The van der Waals surface area contributed by atoms with Crippen LogP contribution in [0, 0.1) is 5.92 Å². The highest BCUT2D eigenvalue weighted by molar-refractivity contribution is 7.99. The second-order valence-corrected chi connectivity index (χ2v) is 5.88.